The van der Waals surface area contributed by atoms with Gasteiger partial charge in [0.2, 0.25) is 5.82 Å². The summed E-state index contributed by atoms with van der Waals surface area (Å²) < 4.78 is 5.23. The smallest absolute Gasteiger partial charge is 0.410 e. The molecule has 1 aromatic rings. The summed E-state index contributed by atoms with van der Waals surface area (Å²) in [7, 11) is 0. The number of carbonyl (C=O) groups is 2. The molecule has 0 unspecified atom stereocenters. The molecule has 98 valence electrons. The molecule has 0 spiro atoms. The number of rotatable bonds is 1. The van der Waals surface area contributed by atoms with E-state index in [9.17, 15) is 9.59 Å². The molecule has 0 saturated carbocycles. The lowest BCUT2D eigenvalue weighted by Crippen LogP contribution is -2.33. The number of hydrogen-bond acceptors (Lipinski definition) is 4. The van der Waals surface area contributed by atoms with E-state index in [0.717, 1.165) is 0 Å². The largest absolute Gasteiger partial charge is 0.475 e. The molecule has 0 atom stereocenters. The van der Waals surface area contributed by atoms with E-state index in [1.54, 1.807) is 20.8 Å². The monoisotopic (exact) mass is 253 g/mol. The predicted octanol–water partition coefficient (Wildman–Crippen LogP) is 1.36. The Hall–Kier alpha value is -2.05. The van der Waals surface area contributed by atoms with Crippen molar-refractivity contribution in [2.24, 2.45) is 0 Å². The van der Waals surface area contributed by atoms with Crippen molar-refractivity contribution in [3.8, 4) is 0 Å². The highest BCUT2D eigenvalue weighted by molar-refractivity contribution is 5.83. The highest BCUT2D eigenvalue weighted by Gasteiger charge is 2.30. The lowest BCUT2D eigenvalue weighted by atomic mass is 10.2. The van der Waals surface area contributed by atoms with Crippen LogP contribution in [-0.4, -0.2) is 37.6 Å². The van der Waals surface area contributed by atoms with Crippen molar-refractivity contribution in [1.29, 1.82) is 0 Å². The number of carboxylic acid groups (broad SMARTS) is 1. The van der Waals surface area contributed by atoms with Gasteiger partial charge in [-0.25, -0.2) is 14.6 Å². The van der Waals surface area contributed by atoms with Gasteiger partial charge in [-0.3, -0.25) is 4.90 Å². The first-order chi connectivity index (χ1) is 8.26. The molecule has 0 radical (unpaired) electrons. The summed E-state index contributed by atoms with van der Waals surface area (Å²) in [4.78, 5) is 30.6. The van der Waals surface area contributed by atoms with Crippen LogP contribution < -0.4 is 0 Å². The maximum atomic E-state index is 11.8. The first kappa shape index (κ1) is 12.4. The third-order valence-electron chi connectivity index (χ3n) is 2.41. The number of nitrogens with one attached hydrogen (secondary N) is 1. The molecule has 2 rings (SSSR count). The van der Waals surface area contributed by atoms with E-state index in [-0.39, 0.29) is 12.4 Å². The molecule has 0 saturated heterocycles. The van der Waals surface area contributed by atoms with Crippen molar-refractivity contribution in [3.63, 3.8) is 0 Å². The summed E-state index contributed by atoms with van der Waals surface area (Å²) >= 11 is 0. The van der Waals surface area contributed by atoms with Gasteiger partial charge in [0, 0.05) is 0 Å². The van der Waals surface area contributed by atoms with E-state index in [1.165, 1.54) is 4.90 Å². The SMILES string of the molecule is CC(C)(C)OC(=O)N1Cc2nc(C(=O)O)[nH]c2C1. The van der Waals surface area contributed by atoms with Crippen LogP contribution in [-0.2, 0) is 17.8 Å². The van der Waals surface area contributed by atoms with Crippen LogP contribution in [0.2, 0.25) is 0 Å². The van der Waals surface area contributed by atoms with Gasteiger partial charge in [-0.15, -0.1) is 0 Å². The van der Waals surface area contributed by atoms with E-state index in [1.807, 2.05) is 0 Å². The highest BCUT2D eigenvalue weighted by atomic mass is 16.6. The molecule has 0 bridgehead atoms. The van der Waals surface area contributed by atoms with Gasteiger partial charge in [0.05, 0.1) is 24.5 Å². The Kier molecular flexibility index (Phi) is 2.76. The number of carbonyl (C=O) groups excluding carboxylic acids is 1. The second-order valence-corrected chi connectivity index (χ2v) is 5.15. The summed E-state index contributed by atoms with van der Waals surface area (Å²) in [6, 6.07) is 0. The third kappa shape index (κ3) is 2.44. The number of hydrogen-bond donors (Lipinski definition) is 2. The fourth-order valence-corrected chi connectivity index (χ4v) is 1.69. The zero-order valence-corrected chi connectivity index (χ0v) is 10.5. The Bertz CT molecular complexity index is 477. The number of aromatic carboxylic acids is 1. The van der Waals surface area contributed by atoms with Gasteiger partial charge in [0.25, 0.3) is 0 Å². The lowest BCUT2D eigenvalue weighted by molar-refractivity contribution is 0.0238. The number of ether oxygens (including phenoxy) is 1. The van der Waals surface area contributed by atoms with Crippen LogP contribution in [0.5, 0.6) is 0 Å². The number of aromatic amines is 1. The molecular formula is C11H15N3O4. The van der Waals surface area contributed by atoms with Crippen LogP contribution >= 0.6 is 0 Å². The molecule has 1 amide bonds. The highest BCUT2D eigenvalue weighted by Crippen LogP contribution is 2.22. The second kappa shape index (κ2) is 4.01. The summed E-state index contributed by atoms with van der Waals surface area (Å²) in [5.74, 6) is -1.20. The Morgan fingerprint density at radius 3 is 2.56 bits per heavy atom. The van der Waals surface area contributed by atoms with Gasteiger partial charge in [-0.2, -0.15) is 0 Å². The minimum atomic E-state index is -1.10. The van der Waals surface area contributed by atoms with Crippen molar-refractivity contribution in [1.82, 2.24) is 14.9 Å². The van der Waals surface area contributed by atoms with Crippen molar-refractivity contribution in [3.05, 3.63) is 17.2 Å². The number of amides is 1. The fraction of sp³-hybridized carbons (Fsp3) is 0.545. The van der Waals surface area contributed by atoms with Gasteiger partial charge >= 0.3 is 12.1 Å². The molecule has 2 heterocycles. The molecule has 0 aliphatic carbocycles. The van der Waals surface area contributed by atoms with Crippen molar-refractivity contribution < 1.29 is 19.4 Å². The van der Waals surface area contributed by atoms with Crippen LogP contribution in [0.15, 0.2) is 0 Å². The van der Waals surface area contributed by atoms with E-state index in [0.29, 0.717) is 17.9 Å². The van der Waals surface area contributed by atoms with E-state index < -0.39 is 17.7 Å². The minimum absolute atomic E-state index is 0.0937. The lowest BCUT2D eigenvalue weighted by Gasteiger charge is -2.24. The molecule has 1 aromatic heterocycles. The van der Waals surface area contributed by atoms with Crippen LogP contribution in [0.3, 0.4) is 0 Å². The molecule has 18 heavy (non-hydrogen) atoms. The molecule has 0 fully saturated rings. The quantitative estimate of drug-likeness (QED) is 0.787. The predicted molar refractivity (Wildman–Crippen MR) is 61.0 cm³/mol. The number of aromatic nitrogens is 2. The molecule has 2 N–H and O–H groups in total. The van der Waals surface area contributed by atoms with E-state index >= 15 is 0 Å². The molecule has 1 aliphatic heterocycles. The summed E-state index contributed by atoms with van der Waals surface area (Å²) in [6.07, 6.45) is -0.425. The minimum Gasteiger partial charge on any atom is -0.475 e. The van der Waals surface area contributed by atoms with Gasteiger partial charge in [-0.05, 0) is 20.8 Å². The van der Waals surface area contributed by atoms with Gasteiger partial charge in [0.1, 0.15) is 5.60 Å². The maximum Gasteiger partial charge on any atom is 0.410 e. The molecule has 0 aromatic carbocycles. The maximum absolute atomic E-state index is 11.8. The zero-order valence-electron chi connectivity index (χ0n) is 10.5. The fourth-order valence-electron chi connectivity index (χ4n) is 1.69. The average molecular weight is 253 g/mol. The Balaban J connectivity index is 2.04. The first-order valence-corrected chi connectivity index (χ1v) is 5.55. The molecule has 1 aliphatic rings. The van der Waals surface area contributed by atoms with Gasteiger partial charge in [0.15, 0.2) is 0 Å². The average Bonchev–Trinajstić information content (AvgIpc) is 2.69. The van der Waals surface area contributed by atoms with Gasteiger partial charge in [-0.1, -0.05) is 0 Å². The second-order valence-electron chi connectivity index (χ2n) is 5.15. The number of imidazole rings is 1. The van der Waals surface area contributed by atoms with Gasteiger partial charge < -0.3 is 14.8 Å². The van der Waals surface area contributed by atoms with E-state index in [2.05, 4.69) is 9.97 Å². The summed E-state index contributed by atoms with van der Waals surface area (Å²) in [5.41, 5.74) is 0.684. The first-order valence-electron chi connectivity index (χ1n) is 5.55. The van der Waals surface area contributed by atoms with Crippen LogP contribution in [0.1, 0.15) is 42.8 Å². The normalized spacial score (nSPS) is 14.5. The number of nitrogens with zero attached hydrogens (tertiary/aromatic N) is 2. The Morgan fingerprint density at radius 2 is 2.06 bits per heavy atom. The van der Waals surface area contributed by atoms with E-state index in [4.69, 9.17) is 9.84 Å². The third-order valence-corrected chi connectivity index (χ3v) is 2.41. The van der Waals surface area contributed by atoms with Crippen molar-refractivity contribution in [2.45, 2.75) is 39.5 Å². The molecule has 7 heteroatoms. The van der Waals surface area contributed by atoms with Crippen LogP contribution in [0, 0.1) is 0 Å². The van der Waals surface area contributed by atoms with Crippen LogP contribution in [0.25, 0.3) is 0 Å². The zero-order chi connectivity index (χ0) is 13.5. The van der Waals surface area contributed by atoms with Crippen molar-refractivity contribution >= 4 is 12.1 Å². The van der Waals surface area contributed by atoms with Crippen molar-refractivity contribution in [2.75, 3.05) is 0 Å². The molecule has 7 nitrogen and oxygen atoms in total. The topological polar surface area (TPSA) is 95.5 Å². The Labute approximate surface area is 104 Å². The standard InChI is InChI=1S/C11H15N3O4/c1-11(2,3)18-10(17)14-4-6-7(5-14)13-8(12-6)9(15)16/h4-5H2,1-3H3,(H,12,13)(H,15,16). The summed E-state index contributed by atoms with van der Waals surface area (Å²) in [5, 5.41) is 8.77. The Morgan fingerprint density at radius 1 is 1.39 bits per heavy atom. The van der Waals surface area contributed by atoms with Crippen LogP contribution in [0.4, 0.5) is 4.79 Å². The number of fused-ring (bicyclic) bond motifs is 1. The molecular weight excluding hydrogens is 238 g/mol. The number of carboxylic acids is 1. The summed E-state index contributed by atoms with van der Waals surface area (Å²) in [6.45, 7) is 5.95. The number of H-pyrrole nitrogens is 1.